The lowest BCUT2D eigenvalue weighted by molar-refractivity contribution is 0.369. The first kappa shape index (κ1) is 14.7. The molecule has 1 N–H and O–H groups in total. The summed E-state index contributed by atoms with van der Waals surface area (Å²) in [6.45, 7) is 8.98. The Balaban J connectivity index is 2.85. The van der Waals surface area contributed by atoms with E-state index in [9.17, 15) is 0 Å². The Kier molecular flexibility index (Phi) is 6.21. The molecule has 0 heterocycles. The normalized spacial score (nSPS) is 11.8. The summed E-state index contributed by atoms with van der Waals surface area (Å²) in [6.07, 6.45) is 3.56. The van der Waals surface area contributed by atoms with E-state index in [2.05, 4.69) is 66.3 Å². The number of benzene rings is 1. The Labute approximate surface area is 114 Å². The zero-order valence-electron chi connectivity index (χ0n) is 11.2. The van der Waals surface area contributed by atoms with Gasteiger partial charge < -0.3 is 5.32 Å². The van der Waals surface area contributed by atoms with Crippen LogP contribution < -0.4 is 5.32 Å². The third kappa shape index (κ3) is 3.82. The molecule has 1 aromatic carbocycles. The molecule has 0 radical (unpaired) electrons. The van der Waals surface area contributed by atoms with Crippen molar-refractivity contribution in [2.45, 2.75) is 45.4 Å². The number of hydrogen-bond donors (Lipinski definition) is 1. The molecule has 0 amide bonds. The van der Waals surface area contributed by atoms with Crippen LogP contribution in [0.5, 0.6) is 0 Å². The van der Waals surface area contributed by atoms with E-state index in [1.54, 1.807) is 0 Å². The van der Waals surface area contributed by atoms with Crippen molar-refractivity contribution < 1.29 is 0 Å². The minimum Gasteiger partial charge on any atom is -0.316 e. The highest BCUT2D eigenvalue weighted by atomic mass is 79.9. The van der Waals surface area contributed by atoms with Crippen LogP contribution in [0.2, 0.25) is 0 Å². The van der Waals surface area contributed by atoms with E-state index in [-0.39, 0.29) is 5.41 Å². The van der Waals surface area contributed by atoms with Crippen molar-refractivity contribution in [1.82, 2.24) is 5.32 Å². The molecule has 0 saturated carbocycles. The molecule has 0 saturated heterocycles. The van der Waals surface area contributed by atoms with E-state index in [1.807, 2.05) is 0 Å². The fourth-order valence-corrected chi connectivity index (χ4v) is 2.58. The quantitative estimate of drug-likeness (QED) is 0.730. The summed E-state index contributed by atoms with van der Waals surface area (Å²) in [5.41, 5.74) is 1.74. The van der Waals surface area contributed by atoms with Crippen molar-refractivity contribution in [3.63, 3.8) is 0 Å². The van der Waals surface area contributed by atoms with E-state index >= 15 is 0 Å². The zero-order chi connectivity index (χ0) is 12.7. The van der Waals surface area contributed by atoms with Gasteiger partial charge in [-0.05, 0) is 43.5 Å². The van der Waals surface area contributed by atoms with Gasteiger partial charge in [0.15, 0.2) is 0 Å². The van der Waals surface area contributed by atoms with Gasteiger partial charge in [0, 0.05) is 16.4 Å². The van der Waals surface area contributed by atoms with E-state index in [4.69, 9.17) is 0 Å². The maximum absolute atomic E-state index is 3.58. The predicted molar refractivity (Wildman–Crippen MR) is 79.6 cm³/mol. The van der Waals surface area contributed by atoms with Gasteiger partial charge in [-0.15, -0.1) is 0 Å². The number of hydrogen-bond acceptors (Lipinski definition) is 1. The fourth-order valence-electron chi connectivity index (χ4n) is 2.32. The number of nitrogens with one attached hydrogen (secondary N) is 1. The first-order valence-corrected chi connectivity index (χ1v) is 7.44. The molecule has 0 fully saturated rings. The monoisotopic (exact) mass is 297 g/mol. The van der Waals surface area contributed by atoms with Gasteiger partial charge in [0.05, 0.1) is 0 Å². The largest absolute Gasteiger partial charge is 0.316 e. The molecule has 0 aliphatic heterocycles. The first-order chi connectivity index (χ1) is 8.18. The third-order valence-electron chi connectivity index (χ3n) is 3.70. The summed E-state index contributed by atoms with van der Waals surface area (Å²) in [6, 6.07) is 8.81. The molecule has 1 rings (SSSR count). The summed E-state index contributed by atoms with van der Waals surface area (Å²) >= 11 is 3.50. The van der Waals surface area contributed by atoms with Gasteiger partial charge in [0.2, 0.25) is 0 Å². The van der Waals surface area contributed by atoms with Crippen LogP contribution in [-0.4, -0.2) is 13.1 Å². The van der Waals surface area contributed by atoms with Gasteiger partial charge in [0.25, 0.3) is 0 Å². The topological polar surface area (TPSA) is 12.0 Å². The van der Waals surface area contributed by atoms with Gasteiger partial charge in [-0.2, -0.15) is 0 Å². The molecule has 0 spiro atoms. The number of rotatable bonds is 7. The maximum atomic E-state index is 3.58. The highest BCUT2D eigenvalue weighted by Gasteiger charge is 2.27. The van der Waals surface area contributed by atoms with E-state index in [1.165, 1.54) is 24.8 Å². The Morgan fingerprint density at radius 1 is 1.06 bits per heavy atom. The molecule has 0 aliphatic carbocycles. The Morgan fingerprint density at radius 3 is 2.12 bits per heavy atom. The van der Waals surface area contributed by atoms with Gasteiger partial charge in [0.1, 0.15) is 0 Å². The van der Waals surface area contributed by atoms with Gasteiger partial charge in [-0.3, -0.25) is 0 Å². The molecule has 96 valence electrons. The van der Waals surface area contributed by atoms with Gasteiger partial charge in [-0.1, -0.05) is 48.8 Å². The Bertz CT molecular complexity index is 314. The number of halogens is 1. The second-order valence-corrected chi connectivity index (χ2v) is 5.59. The summed E-state index contributed by atoms with van der Waals surface area (Å²) in [7, 11) is 0. The highest BCUT2D eigenvalue weighted by molar-refractivity contribution is 9.10. The van der Waals surface area contributed by atoms with E-state index in [0.29, 0.717) is 0 Å². The standard InChI is InChI=1S/C15H24BrN/c1-4-11-17-12-15(5-2,6-3)13-7-9-14(16)10-8-13/h7-10,17H,4-6,11-12H2,1-3H3. The molecule has 0 aliphatic rings. The summed E-state index contributed by atoms with van der Waals surface area (Å²) in [4.78, 5) is 0. The van der Waals surface area contributed by atoms with Crippen molar-refractivity contribution in [2.75, 3.05) is 13.1 Å². The average molecular weight is 298 g/mol. The molecule has 1 aromatic rings. The van der Waals surface area contributed by atoms with Crippen molar-refractivity contribution in [1.29, 1.82) is 0 Å². The van der Waals surface area contributed by atoms with Crippen LogP contribution in [-0.2, 0) is 5.41 Å². The average Bonchev–Trinajstić information content (AvgIpc) is 2.37. The van der Waals surface area contributed by atoms with Crippen molar-refractivity contribution >= 4 is 15.9 Å². The molecule has 0 bridgehead atoms. The molecule has 2 heteroatoms. The Hall–Kier alpha value is -0.340. The molecular weight excluding hydrogens is 274 g/mol. The van der Waals surface area contributed by atoms with Crippen LogP contribution in [0.1, 0.15) is 45.6 Å². The molecule has 0 atom stereocenters. The molecule has 0 aromatic heterocycles. The first-order valence-electron chi connectivity index (χ1n) is 6.65. The second-order valence-electron chi connectivity index (χ2n) is 4.67. The van der Waals surface area contributed by atoms with Crippen LogP contribution in [0, 0.1) is 0 Å². The highest BCUT2D eigenvalue weighted by Crippen LogP contribution is 2.31. The maximum Gasteiger partial charge on any atom is 0.0175 e. The Morgan fingerprint density at radius 2 is 1.65 bits per heavy atom. The fraction of sp³-hybridized carbons (Fsp3) is 0.600. The van der Waals surface area contributed by atoms with Crippen molar-refractivity contribution in [2.24, 2.45) is 0 Å². The van der Waals surface area contributed by atoms with E-state index in [0.717, 1.165) is 17.6 Å². The van der Waals surface area contributed by atoms with Crippen LogP contribution in [0.3, 0.4) is 0 Å². The molecular formula is C15H24BrN. The molecule has 0 unspecified atom stereocenters. The third-order valence-corrected chi connectivity index (χ3v) is 4.23. The lowest BCUT2D eigenvalue weighted by Gasteiger charge is -2.33. The minimum atomic E-state index is 0.288. The molecule has 17 heavy (non-hydrogen) atoms. The van der Waals surface area contributed by atoms with Gasteiger partial charge in [-0.25, -0.2) is 0 Å². The predicted octanol–water partition coefficient (Wildman–Crippen LogP) is 4.51. The summed E-state index contributed by atoms with van der Waals surface area (Å²) in [5, 5.41) is 3.58. The second kappa shape index (κ2) is 7.17. The molecule has 1 nitrogen and oxygen atoms in total. The smallest absolute Gasteiger partial charge is 0.0175 e. The van der Waals surface area contributed by atoms with Crippen LogP contribution in [0.25, 0.3) is 0 Å². The van der Waals surface area contributed by atoms with Crippen LogP contribution >= 0.6 is 15.9 Å². The lowest BCUT2D eigenvalue weighted by atomic mass is 9.76. The van der Waals surface area contributed by atoms with Gasteiger partial charge >= 0.3 is 0 Å². The zero-order valence-corrected chi connectivity index (χ0v) is 12.8. The van der Waals surface area contributed by atoms with Crippen molar-refractivity contribution in [3.8, 4) is 0 Å². The SMILES string of the molecule is CCCNCC(CC)(CC)c1ccc(Br)cc1. The van der Waals surface area contributed by atoms with Crippen LogP contribution in [0.4, 0.5) is 0 Å². The minimum absolute atomic E-state index is 0.288. The summed E-state index contributed by atoms with van der Waals surface area (Å²) in [5.74, 6) is 0. The van der Waals surface area contributed by atoms with E-state index < -0.39 is 0 Å². The summed E-state index contributed by atoms with van der Waals surface area (Å²) < 4.78 is 1.16. The lowest BCUT2D eigenvalue weighted by Crippen LogP contribution is -2.37. The van der Waals surface area contributed by atoms with Crippen LogP contribution in [0.15, 0.2) is 28.7 Å². The van der Waals surface area contributed by atoms with Crippen molar-refractivity contribution in [3.05, 3.63) is 34.3 Å².